The molecule has 1 saturated heterocycles. The van der Waals surface area contributed by atoms with Crippen molar-refractivity contribution in [3.8, 4) is 0 Å². The fourth-order valence-electron chi connectivity index (χ4n) is 3.51. The summed E-state index contributed by atoms with van der Waals surface area (Å²) in [6, 6.07) is 11.8. The number of nitrogens with two attached hydrogens (primary N) is 1. The molecule has 1 aliphatic rings. The molecule has 0 saturated carbocycles. The van der Waals surface area contributed by atoms with Gasteiger partial charge in [-0.25, -0.2) is 9.18 Å². The number of halogens is 1. The molecule has 5 N–H and O–H groups in total. The average Bonchev–Trinajstić information content (AvgIpc) is 2.83. The van der Waals surface area contributed by atoms with Crippen molar-refractivity contribution in [2.75, 3.05) is 26.2 Å². The molecule has 0 radical (unpaired) electrons. The number of hydrogen-bond donors (Lipinski definition) is 4. The molecule has 1 fully saturated rings. The van der Waals surface area contributed by atoms with Crippen LogP contribution in [-0.2, 0) is 0 Å². The van der Waals surface area contributed by atoms with Gasteiger partial charge in [0, 0.05) is 26.2 Å². The second kappa shape index (κ2) is 16.1. The zero-order valence-corrected chi connectivity index (χ0v) is 20.0. The van der Waals surface area contributed by atoms with E-state index in [0.717, 1.165) is 30.5 Å². The van der Waals surface area contributed by atoms with Crippen LogP contribution in [0, 0.1) is 17.8 Å². The molecular formula is C26H41FN4O. The molecule has 0 spiro atoms. The average molecular weight is 445 g/mol. The summed E-state index contributed by atoms with van der Waals surface area (Å²) >= 11 is 0. The summed E-state index contributed by atoms with van der Waals surface area (Å²) < 4.78 is 13.2. The normalized spacial score (nSPS) is 21.9. The zero-order chi connectivity index (χ0) is 23.8. The largest absolute Gasteiger partial charge is 0.383 e. The van der Waals surface area contributed by atoms with Gasteiger partial charge in [0.2, 0.25) is 0 Å². The molecule has 0 aliphatic carbocycles. The third-order valence-corrected chi connectivity index (χ3v) is 5.75. The van der Waals surface area contributed by atoms with Crippen molar-refractivity contribution < 1.29 is 9.18 Å². The van der Waals surface area contributed by atoms with Crippen molar-refractivity contribution in [2.24, 2.45) is 23.5 Å². The van der Waals surface area contributed by atoms with E-state index in [2.05, 4.69) is 35.9 Å². The molecule has 1 aromatic carbocycles. The third-order valence-electron chi connectivity index (χ3n) is 5.75. The van der Waals surface area contributed by atoms with E-state index in [1.807, 2.05) is 56.3 Å². The molecule has 1 aromatic rings. The fourth-order valence-corrected chi connectivity index (χ4v) is 3.51. The van der Waals surface area contributed by atoms with E-state index in [1.165, 1.54) is 0 Å². The molecule has 3 atom stereocenters. The Morgan fingerprint density at radius 1 is 1.25 bits per heavy atom. The third kappa shape index (κ3) is 10.6. The highest BCUT2D eigenvalue weighted by molar-refractivity contribution is 5.73. The number of carbonyl (C=O) groups excluding carboxylic acids is 1. The summed E-state index contributed by atoms with van der Waals surface area (Å²) in [6.45, 7) is 10.7. The SMILES string of the molecule is C\C=C(C)/C=C1\C(=C\F)NCC(CCC(C)CNC(=O)NCCN)C1C.c1ccccc1. The Hall–Kier alpha value is -2.60. The number of piperidine rings is 1. The van der Waals surface area contributed by atoms with Gasteiger partial charge in [0.1, 0.15) is 6.33 Å². The van der Waals surface area contributed by atoms with Crippen LogP contribution in [0.1, 0.15) is 40.5 Å². The van der Waals surface area contributed by atoms with Crippen molar-refractivity contribution >= 4 is 6.03 Å². The molecule has 1 aliphatic heterocycles. The molecule has 2 rings (SSSR count). The standard InChI is InChI=1S/C20H35FN4O.C6H6/c1-5-14(2)10-18-16(4)17(13-24-19(18)11-21)7-6-15(3)12-25-20(26)23-9-8-22;1-2-4-6-5-3-1/h5,10-11,15-17,24H,6-9,12-13,22H2,1-4H3,(H2,23,25,26);1-6H/b14-5-,18-10-,19-11-;. The Morgan fingerprint density at radius 3 is 2.41 bits per heavy atom. The van der Waals surface area contributed by atoms with E-state index in [9.17, 15) is 9.18 Å². The quantitative estimate of drug-likeness (QED) is 0.460. The first-order valence-corrected chi connectivity index (χ1v) is 11.5. The van der Waals surface area contributed by atoms with Crippen molar-refractivity contribution in [3.63, 3.8) is 0 Å². The van der Waals surface area contributed by atoms with E-state index >= 15 is 0 Å². The van der Waals surface area contributed by atoms with E-state index in [4.69, 9.17) is 5.73 Å². The van der Waals surface area contributed by atoms with Gasteiger partial charge in [0.05, 0.1) is 5.70 Å². The van der Waals surface area contributed by atoms with Crippen LogP contribution >= 0.6 is 0 Å². The molecule has 0 aromatic heterocycles. The van der Waals surface area contributed by atoms with Crippen LogP contribution < -0.4 is 21.7 Å². The minimum Gasteiger partial charge on any atom is -0.383 e. The highest BCUT2D eigenvalue weighted by Crippen LogP contribution is 2.34. The minimum absolute atomic E-state index is 0.167. The first-order valence-electron chi connectivity index (χ1n) is 11.5. The van der Waals surface area contributed by atoms with Crippen molar-refractivity contribution in [1.29, 1.82) is 0 Å². The van der Waals surface area contributed by atoms with Gasteiger partial charge in [0.25, 0.3) is 0 Å². The number of amides is 2. The molecule has 178 valence electrons. The zero-order valence-electron chi connectivity index (χ0n) is 20.0. The maximum Gasteiger partial charge on any atom is 0.314 e. The number of allylic oxidation sites excluding steroid dienone is 4. The van der Waals surface area contributed by atoms with Gasteiger partial charge >= 0.3 is 6.03 Å². The Kier molecular flexibility index (Phi) is 13.8. The number of hydrogen-bond acceptors (Lipinski definition) is 3. The van der Waals surface area contributed by atoms with Crippen molar-refractivity contribution in [1.82, 2.24) is 16.0 Å². The number of urea groups is 1. The molecule has 2 amide bonds. The van der Waals surface area contributed by atoms with E-state index in [1.54, 1.807) is 0 Å². The minimum atomic E-state index is -0.167. The van der Waals surface area contributed by atoms with E-state index < -0.39 is 0 Å². The smallest absolute Gasteiger partial charge is 0.314 e. The van der Waals surface area contributed by atoms with Crippen LogP contribution in [0.2, 0.25) is 0 Å². The number of benzene rings is 1. The molecule has 5 nitrogen and oxygen atoms in total. The predicted octanol–water partition coefficient (Wildman–Crippen LogP) is 4.91. The maximum absolute atomic E-state index is 13.2. The lowest BCUT2D eigenvalue weighted by atomic mass is 9.78. The lowest BCUT2D eigenvalue weighted by Gasteiger charge is -2.34. The summed E-state index contributed by atoms with van der Waals surface area (Å²) in [6.07, 6.45) is 6.82. The van der Waals surface area contributed by atoms with Gasteiger partial charge in [-0.05, 0) is 50.0 Å². The number of nitrogens with one attached hydrogen (secondary N) is 3. The summed E-state index contributed by atoms with van der Waals surface area (Å²) in [5.74, 6) is 1.12. The second-order valence-corrected chi connectivity index (χ2v) is 8.35. The van der Waals surface area contributed by atoms with Gasteiger partial charge in [-0.15, -0.1) is 0 Å². The van der Waals surface area contributed by atoms with Gasteiger partial charge in [-0.3, -0.25) is 0 Å². The highest BCUT2D eigenvalue weighted by atomic mass is 19.1. The summed E-state index contributed by atoms with van der Waals surface area (Å²) in [4.78, 5) is 11.6. The van der Waals surface area contributed by atoms with Crippen molar-refractivity contribution in [2.45, 2.75) is 40.5 Å². The Bertz CT molecular complexity index is 719. The molecule has 3 unspecified atom stereocenters. The first kappa shape index (κ1) is 27.4. The van der Waals surface area contributed by atoms with Crippen LogP contribution in [0.4, 0.5) is 9.18 Å². The van der Waals surface area contributed by atoms with E-state index in [-0.39, 0.29) is 6.03 Å². The fraction of sp³-hybridized carbons (Fsp3) is 0.500. The van der Waals surface area contributed by atoms with Gasteiger partial charge in [-0.2, -0.15) is 0 Å². The van der Waals surface area contributed by atoms with Crippen LogP contribution in [0.3, 0.4) is 0 Å². The summed E-state index contributed by atoms with van der Waals surface area (Å²) in [5.41, 5.74) is 8.13. The molecule has 1 heterocycles. The van der Waals surface area contributed by atoms with Crippen LogP contribution in [0.25, 0.3) is 0 Å². The molecule has 0 bridgehead atoms. The summed E-state index contributed by atoms with van der Waals surface area (Å²) in [5, 5.41) is 8.80. The first-order chi connectivity index (χ1) is 15.4. The van der Waals surface area contributed by atoms with Crippen LogP contribution in [0.5, 0.6) is 0 Å². The maximum atomic E-state index is 13.2. The topological polar surface area (TPSA) is 79.2 Å². The molecular weight excluding hydrogens is 403 g/mol. The predicted molar refractivity (Wildman–Crippen MR) is 133 cm³/mol. The Balaban J connectivity index is 0.000000730. The number of carbonyl (C=O) groups is 1. The van der Waals surface area contributed by atoms with Crippen molar-refractivity contribution in [3.05, 3.63) is 71.7 Å². The number of rotatable bonds is 8. The second-order valence-electron chi connectivity index (χ2n) is 8.35. The van der Waals surface area contributed by atoms with Gasteiger partial charge in [-0.1, -0.05) is 68.0 Å². The monoisotopic (exact) mass is 444 g/mol. The molecule has 32 heavy (non-hydrogen) atoms. The lowest BCUT2D eigenvalue weighted by Crippen LogP contribution is -2.40. The Morgan fingerprint density at radius 2 is 1.88 bits per heavy atom. The van der Waals surface area contributed by atoms with E-state index in [0.29, 0.717) is 49.4 Å². The van der Waals surface area contributed by atoms with Crippen LogP contribution in [-0.4, -0.2) is 32.2 Å². The van der Waals surface area contributed by atoms with Gasteiger partial charge < -0.3 is 21.7 Å². The highest BCUT2D eigenvalue weighted by Gasteiger charge is 2.28. The summed E-state index contributed by atoms with van der Waals surface area (Å²) in [7, 11) is 0. The lowest BCUT2D eigenvalue weighted by molar-refractivity contribution is 0.238. The van der Waals surface area contributed by atoms with Gasteiger partial charge in [0.15, 0.2) is 0 Å². The molecule has 6 heteroatoms. The Labute approximate surface area is 193 Å². The van der Waals surface area contributed by atoms with Crippen LogP contribution in [0.15, 0.2) is 71.7 Å².